The maximum Gasteiger partial charge on any atom is 0.309 e. The molecule has 0 bridgehead atoms. The normalized spacial score (nSPS) is 15.9. The molecule has 1 aliphatic rings. The van der Waals surface area contributed by atoms with Crippen LogP contribution in [-0.2, 0) is 14.3 Å². The molecule has 1 heterocycles. The molecule has 3 nitrogen and oxygen atoms in total. The van der Waals surface area contributed by atoms with Crippen molar-refractivity contribution >= 4 is 5.97 Å². The molecule has 10 heavy (non-hydrogen) atoms. The Morgan fingerprint density at radius 3 is 3.20 bits per heavy atom. The number of hydrogen-bond acceptors (Lipinski definition) is 3. The van der Waals surface area contributed by atoms with E-state index in [1.807, 2.05) is 0 Å². The maximum atomic E-state index is 10.6. The van der Waals surface area contributed by atoms with Crippen molar-refractivity contribution in [2.75, 3.05) is 13.7 Å². The van der Waals surface area contributed by atoms with Gasteiger partial charge in [0.15, 0.2) is 0 Å². The van der Waals surface area contributed by atoms with Crippen molar-refractivity contribution in [2.45, 2.75) is 12.8 Å². The predicted molar refractivity (Wildman–Crippen MR) is 35.3 cm³/mol. The summed E-state index contributed by atoms with van der Waals surface area (Å²) in [4.78, 5) is 10.6. The number of rotatable bonds is 2. The smallest absolute Gasteiger partial charge is 0.309 e. The molecule has 0 atom stereocenters. The van der Waals surface area contributed by atoms with Gasteiger partial charge in [0.25, 0.3) is 0 Å². The third-order valence-electron chi connectivity index (χ3n) is 1.39. The minimum atomic E-state index is -0.197. The molecule has 0 N–H and O–H groups in total. The molecule has 0 amide bonds. The fourth-order valence-corrected chi connectivity index (χ4v) is 0.813. The zero-order valence-electron chi connectivity index (χ0n) is 5.92. The Morgan fingerprint density at radius 2 is 2.70 bits per heavy atom. The number of esters is 1. The SMILES string of the molecule is COC(=O)CC1=COCC1. The van der Waals surface area contributed by atoms with Crippen LogP contribution in [0.15, 0.2) is 11.8 Å². The third-order valence-corrected chi connectivity index (χ3v) is 1.39. The van der Waals surface area contributed by atoms with Gasteiger partial charge in [-0.25, -0.2) is 0 Å². The van der Waals surface area contributed by atoms with Gasteiger partial charge in [-0.05, 0) is 5.57 Å². The quantitative estimate of drug-likeness (QED) is 0.536. The van der Waals surface area contributed by atoms with Crippen molar-refractivity contribution in [3.8, 4) is 0 Å². The summed E-state index contributed by atoms with van der Waals surface area (Å²) in [7, 11) is 1.39. The lowest BCUT2D eigenvalue weighted by molar-refractivity contribution is -0.139. The summed E-state index contributed by atoms with van der Waals surface area (Å²) in [5, 5.41) is 0. The van der Waals surface area contributed by atoms with Gasteiger partial charge in [0.1, 0.15) is 0 Å². The average Bonchev–Trinajstić information content (AvgIpc) is 2.40. The Bertz CT molecular complexity index is 160. The van der Waals surface area contributed by atoms with Crippen LogP contribution in [0.5, 0.6) is 0 Å². The van der Waals surface area contributed by atoms with E-state index in [0.29, 0.717) is 13.0 Å². The monoisotopic (exact) mass is 142 g/mol. The zero-order valence-corrected chi connectivity index (χ0v) is 5.92. The van der Waals surface area contributed by atoms with Crippen LogP contribution < -0.4 is 0 Å². The van der Waals surface area contributed by atoms with Gasteiger partial charge in [0.2, 0.25) is 0 Å². The molecule has 0 spiro atoms. The molecule has 0 saturated carbocycles. The summed E-state index contributed by atoms with van der Waals surface area (Å²) in [5.74, 6) is -0.197. The van der Waals surface area contributed by atoms with E-state index in [-0.39, 0.29) is 5.97 Å². The van der Waals surface area contributed by atoms with Crippen LogP contribution in [0.3, 0.4) is 0 Å². The number of carbonyl (C=O) groups excluding carboxylic acids is 1. The number of carbonyl (C=O) groups is 1. The summed E-state index contributed by atoms with van der Waals surface area (Å²) < 4.78 is 9.41. The molecule has 0 aromatic rings. The molecule has 1 rings (SSSR count). The molecule has 0 saturated heterocycles. The van der Waals surface area contributed by atoms with Crippen molar-refractivity contribution in [3.05, 3.63) is 11.8 Å². The summed E-state index contributed by atoms with van der Waals surface area (Å²) >= 11 is 0. The van der Waals surface area contributed by atoms with Crippen LogP contribution in [0.1, 0.15) is 12.8 Å². The summed E-state index contributed by atoms with van der Waals surface area (Å²) in [6, 6.07) is 0. The second kappa shape index (κ2) is 3.25. The Hall–Kier alpha value is -0.990. The lowest BCUT2D eigenvalue weighted by Gasteiger charge is -1.95. The second-order valence-corrected chi connectivity index (χ2v) is 2.15. The van der Waals surface area contributed by atoms with Crippen LogP contribution in [0.25, 0.3) is 0 Å². The molecular formula is C7H10O3. The van der Waals surface area contributed by atoms with Crippen LogP contribution in [0, 0.1) is 0 Å². The van der Waals surface area contributed by atoms with Crippen LogP contribution in [0.2, 0.25) is 0 Å². The molecule has 56 valence electrons. The molecule has 3 heteroatoms. The fraction of sp³-hybridized carbons (Fsp3) is 0.571. The minimum Gasteiger partial charge on any atom is -0.501 e. The number of ether oxygens (including phenoxy) is 2. The van der Waals surface area contributed by atoms with Crippen molar-refractivity contribution in [3.63, 3.8) is 0 Å². The van der Waals surface area contributed by atoms with E-state index in [0.717, 1.165) is 12.0 Å². The standard InChI is InChI=1S/C7H10O3/c1-9-7(8)4-6-2-3-10-5-6/h5H,2-4H2,1H3. The molecule has 1 aliphatic heterocycles. The highest BCUT2D eigenvalue weighted by Gasteiger charge is 2.09. The van der Waals surface area contributed by atoms with Crippen LogP contribution in [-0.4, -0.2) is 19.7 Å². The van der Waals surface area contributed by atoms with Gasteiger partial charge in [-0.15, -0.1) is 0 Å². The first-order valence-electron chi connectivity index (χ1n) is 3.19. The highest BCUT2D eigenvalue weighted by molar-refractivity contribution is 5.72. The van der Waals surface area contributed by atoms with E-state index in [1.165, 1.54) is 7.11 Å². The summed E-state index contributed by atoms with van der Waals surface area (Å²) in [6.45, 7) is 0.701. The fourth-order valence-electron chi connectivity index (χ4n) is 0.813. The Morgan fingerprint density at radius 1 is 1.90 bits per heavy atom. The van der Waals surface area contributed by atoms with Crippen molar-refractivity contribution in [1.82, 2.24) is 0 Å². The van der Waals surface area contributed by atoms with Gasteiger partial charge < -0.3 is 9.47 Å². The first-order chi connectivity index (χ1) is 4.83. The summed E-state index contributed by atoms with van der Waals surface area (Å²) in [6.07, 6.45) is 2.86. The molecule has 0 fully saturated rings. The van der Waals surface area contributed by atoms with E-state index < -0.39 is 0 Å². The van der Waals surface area contributed by atoms with Gasteiger partial charge in [-0.2, -0.15) is 0 Å². The van der Waals surface area contributed by atoms with Crippen molar-refractivity contribution in [2.24, 2.45) is 0 Å². The summed E-state index contributed by atoms with van der Waals surface area (Å²) in [5.41, 5.74) is 1.02. The number of methoxy groups -OCH3 is 1. The third kappa shape index (κ3) is 1.76. The molecule has 0 radical (unpaired) electrons. The lowest BCUT2D eigenvalue weighted by atomic mass is 10.2. The van der Waals surface area contributed by atoms with Gasteiger partial charge >= 0.3 is 5.97 Å². The van der Waals surface area contributed by atoms with Crippen molar-refractivity contribution in [1.29, 1.82) is 0 Å². The highest BCUT2D eigenvalue weighted by atomic mass is 16.5. The van der Waals surface area contributed by atoms with Crippen LogP contribution in [0.4, 0.5) is 0 Å². The largest absolute Gasteiger partial charge is 0.501 e. The first-order valence-corrected chi connectivity index (χ1v) is 3.19. The Balaban J connectivity index is 2.30. The van der Waals surface area contributed by atoms with E-state index in [9.17, 15) is 4.79 Å². The van der Waals surface area contributed by atoms with E-state index in [2.05, 4.69) is 4.74 Å². The first kappa shape index (κ1) is 7.12. The molecule has 0 unspecified atom stereocenters. The molecule has 0 aromatic carbocycles. The molecular weight excluding hydrogens is 132 g/mol. The van der Waals surface area contributed by atoms with E-state index in [4.69, 9.17) is 4.74 Å². The Labute approximate surface area is 59.6 Å². The topological polar surface area (TPSA) is 35.5 Å². The number of hydrogen-bond donors (Lipinski definition) is 0. The van der Waals surface area contributed by atoms with E-state index >= 15 is 0 Å². The molecule has 0 aliphatic carbocycles. The van der Waals surface area contributed by atoms with Gasteiger partial charge in [-0.1, -0.05) is 0 Å². The minimum absolute atomic E-state index is 0.197. The van der Waals surface area contributed by atoms with Crippen molar-refractivity contribution < 1.29 is 14.3 Å². The predicted octanol–water partition coefficient (Wildman–Crippen LogP) is 0.854. The van der Waals surface area contributed by atoms with Gasteiger partial charge in [0, 0.05) is 6.42 Å². The Kier molecular flexibility index (Phi) is 2.31. The van der Waals surface area contributed by atoms with Crippen LogP contribution >= 0.6 is 0 Å². The van der Waals surface area contributed by atoms with Gasteiger partial charge in [0.05, 0.1) is 26.4 Å². The zero-order chi connectivity index (χ0) is 7.40. The van der Waals surface area contributed by atoms with E-state index in [1.54, 1.807) is 6.26 Å². The molecule has 0 aromatic heterocycles. The highest BCUT2D eigenvalue weighted by Crippen LogP contribution is 2.13. The van der Waals surface area contributed by atoms with Gasteiger partial charge in [-0.3, -0.25) is 4.79 Å². The average molecular weight is 142 g/mol. The maximum absolute atomic E-state index is 10.6. The lowest BCUT2D eigenvalue weighted by Crippen LogP contribution is -2.00. The second-order valence-electron chi connectivity index (χ2n) is 2.15.